The molecule has 3 nitrogen and oxygen atoms in total. The fourth-order valence-corrected chi connectivity index (χ4v) is 1.68. The summed E-state index contributed by atoms with van der Waals surface area (Å²) in [5.41, 5.74) is 1.35. The first-order chi connectivity index (χ1) is 6.79. The lowest BCUT2D eigenvalue weighted by molar-refractivity contribution is 0.110. The summed E-state index contributed by atoms with van der Waals surface area (Å²) in [7, 11) is 0. The van der Waals surface area contributed by atoms with Crippen LogP contribution in [-0.2, 0) is 0 Å². The van der Waals surface area contributed by atoms with E-state index in [2.05, 4.69) is 17.9 Å². The molecule has 1 aliphatic rings. The lowest BCUT2D eigenvalue weighted by Crippen LogP contribution is -2.28. The number of rotatable bonds is 2. The molecule has 1 aromatic heterocycles. The molecular formula is C11H13NO2. The van der Waals surface area contributed by atoms with Gasteiger partial charge in [-0.15, -0.1) is 0 Å². The van der Waals surface area contributed by atoms with Crippen LogP contribution in [0.25, 0.3) is 0 Å². The number of anilines is 1. The molecule has 0 aliphatic carbocycles. The molecule has 0 atom stereocenters. The SMILES string of the molecule is CC1=CCCN(c2ccc(C=O)o2)C1. The predicted octanol–water partition coefficient (Wildman–Crippen LogP) is 2.25. The van der Waals surface area contributed by atoms with Crippen LogP contribution in [0.1, 0.15) is 23.9 Å². The van der Waals surface area contributed by atoms with Gasteiger partial charge < -0.3 is 9.32 Å². The maximum Gasteiger partial charge on any atom is 0.196 e. The van der Waals surface area contributed by atoms with Crippen molar-refractivity contribution in [3.63, 3.8) is 0 Å². The Balaban J connectivity index is 2.15. The van der Waals surface area contributed by atoms with E-state index < -0.39 is 0 Å². The molecule has 0 fully saturated rings. The highest BCUT2D eigenvalue weighted by molar-refractivity contribution is 5.71. The third-order valence-corrected chi connectivity index (χ3v) is 2.37. The van der Waals surface area contributed by atoms with Gasteiger partial charge in [-0.3, -0.25) is 4.79 Å². The van der Waals surface area contributed by atoms with E-state index in [1.165, 1.54) is 5.57 Å². The topological polar surface area (TPSA) is 33.5 Å². The fraction of sp³-hybridized carbons (Fsp3) is 0.364. The van der Waals surface area contributed by atoms with Gasteiger partial charge >= 0.3 is 0 Å². The molecular weight excluding hydrogens is 178 g/mol. The summed E-state index contributed by atoms with van der Waals surface area (Å²) in [5.74, 6) is 1.19. The van der Waals surface area contributed by atoms with E-state index in [1.54, 1.807) is 6.07 Å². The molecule has 2 heterocycles. The van der Waals surface area contributed by atoms with Crippen molar-refractivity contribution in [2.24, 2.45) is 0 Å². The van der Waals surface area contributed by atoms with Crippen LogP contribution in [0.2, 0.25) is 0 Å². The quantitative estimate of drug-likeness (QED) is 0.531. The van der Waals surface area contributed by atoms with Gasteiger partial charge in [-0.1, -0.05) is 11.6 Å². The molecule has 0 saturated carbocycles. The molecule has 0 bridgehead atoms. The second-order valence-electron chi connectivity index (χ2n) is 3.55. The Kier molecular flexibility index (Phi) is 2.39. The van der Waals surface area contributed by atoms with Crippen LogP contribution in [0.5, 0.6) is 0 Å². The van der Waals surface area contributed by atoms with Crippen molar-refractivity contribution in [3.05, 3.63) is 29.5 Å². The van der Waals surface area contributed by atoms with Crippen molar-refractivity contribution in [2.75, 3.05) is 18.0 Å². The maximum absolute atomic E-state index is 10.4. The zero-order valence-corrected chi connectivity index (χ0v) is 8.19. The first-order valence-corrected chi connectivity index (χ1v) is 4.75. The molecule has 1 aliphatic heterocycles. The molecule has 0 spiro atoms. The molecule has 0 unspecified atom stereocenters. The van der Waals surface area contributed by atoms with Crippen molar-refractivity contribution >= 4 is 12.2 Å². The van der Waals surface area contributed by atoms with Crippen LogP contribution in [0.3, 0.4) is 0 Å². The lowest BCUT2D eigenvalue weighted by atomic mass is 10.1. The van der Waals surface area contributed by atoms with Gasteiger partial charge in [0.25, 0.3) is 0 Å². The highest BCUT2D eigenvalue weighted by Gasteiger charge is 2.13. The summed E-state index contributed by atoms with van der Waals surface area (Å²) >= 11 is 0. The number of carbonyl (C=O) groups is 1. The molecule has 74 valence electrons. The van der Waals surface area contributed by atoms with Crippen molar-refractivity contribution in [2.45, 2.75) is 13.3 Å². The molecule has 0 radical (unpaired) electrons. The van der Waals surface area contributed by atoms with Crippen LogP contribution < -0.4 is 4.90 Å². The summed E-state index contributed by atoms with van der Waals surface area (Å²) in [6, 6.07) is 3.55. The van der Waals surface area contributed by atoms with E-state index in [0.717, 1.165) is 31.7 Å². The first kappa shape index (κ1) is 9.06. The Morgan fingerprint density at radius 1 is 1.50 bits per heavy atom. The Labute approximate surface area is 83.0 Å². The largest absolute Gasteiger partial charge is 0.438 e. The third-order valence-electron chi connectivity index (χ3n) is 2.37. The van der Waals surface area contributed by atoms with Crippen molar-refractivity contribution in [1.82, 2.24) is 0 Å². The van der Waals surface area contributed by atoms with Crippen LogP contribution in [-0.4, -0.2) is 19.4 Å². The van der Waals surface area contributed by atoms with Crippen molar-refractivity contribution < 1.29 is 9.21 Å². The molecule has 0 aromatic carbocycles. The van der Waals surface area contributed by atoms with Crippen LogP contribution in [0, 0.1) is 0 Å². The zero-order chi connectivity index (χ0) is 9.97. The number of furan rings is 1. The normalized spacial score (nSPS) is 16.6. The second kappa shape index (κ2) is 3.70. The monoisotopic (exact) mass is 191 g/mol. The predicted molar refractivity (Wildman–Crippen MR) is 54.7 cm³/mol. The fourth-order valence-electron chi connectivity index (χ4n) is 1.68. The minimum Gasteiger partial charge on any atom is -0.438 e. The van der Waals surface area contributed by atoms with Crippen LogP contribution in [0.15, 0.2) is 28.2 Å². The van der Waals surface area contributed by atoms with E-state index in [4.69, 9.17) is 4.42 Å². The molecule has 2 rings (SSSR count). The number of carbonyl (C=O) groups excluding carboxylic acids is 1. The molecule has 14 heavy (non-hydrogen) atoms. The Morgan fingerprint density at radius 2 is 2.36 bits per heavy atom. The van der Waals surface area contributed by atoms with E-state index in [-0.39, 0.29) is 0 Å². The molecule has 1 aromatic rings. The van der Waals surface area contributed by atoms with Gasteiger partial charge in [-0.2, -0.15) is 0 Å². The van der Waals surface area contributed by atoms with Gasteiger partial charge in [-0.05, 0) is 19.4 Å². The highest BCUT2D eigenvalue weighted by Crippen LogP contribution is 2.21. The minimum absolute atomic E-state index is 0.396. The van der Waals surface area contributed by atoms with Gasteiger partial charge in [0.05, 0.1) is 0 Å². The Morgan fingerprint density at radius 3 is 3.00 bits per heavy atom. The van der Waals surface area contributed by atoms with E-state index in [1.807, 2.05) is 6.07 Å². The van der Waals surface area contributed by atoms with E-state index >= 15 is 0 Å². The summed E-state index contributed by atoms with van der Waals surface area (Å²) in [6.07, 6.45) is 4.01. The maximum atomic E-state index is 10.4. The minimum atomic E-state index is 0.396. The van der Waals surface area contributed by atoms with E-state index in [0.29, 0.717) is 5.76 Å². The van der Waals surface area contributed by atoms with Gasteiger partial charge in [-0.25, -0.2) is 0 Å². The van der Waals surface area contributed by atoms with Crippen molar-refractivity contribution in [3.8, 4) is 0 Å². The average Bonchev–Trinajstić information content (AvgIpc) is 2.66. The van der Waals surface area contributed by atoms with Gasteiger partial charge in [0, 0.05) is 19.2 Å². The zero-order valence-electron chi connectivity index (χ0n) is 8.19. The lowest BCUT2D eigenvalue weighted by Gasteiger charge is -2.25. The number of hydrogen-bond donors (Lipinski definition) is 0. The molecule has 0 N–H and O–H groups in total. The number of aldehydes is 1. The molecule has 0 saturated heterocycles. The van der Waals surface area contributed by atoms with Crippen molar-refractivity contribution in [1.29, 1.82) is 0 Å². The first-order valence-electron chi connectivity index (χ1n) is 4.75. The van der Waals surface area contributed by atoms with Gasteiger partial charge in [0.1, 0.15) is 0 Å². The van der Waals surface area contributed by atoms with Crippen LogP contribution >= 0.6 is 0 Å². The molecule has 0 amide bonds. The number of nitrogens with zero attached hydrogens (tertiary/aromatic N) is 1. The molecule has 3 heteroatoms. The Bertz CT molecular complexity index is 365. The summed E-state index contributed by atoms with van der Waals surface area (Å²) in [6.45, 7) is 3.96. The number of hydrogen-bond acceptors (Lipinski definition) is 3. The average molecular weight is 191 g/mol. The standard InChI is InChI=1S/C11H13NO2/c1-9-3-2-6-12(7-9)11-5-4-10(8-13)14-11/h3-5,8H,2,6-7H2,1H3. The van der Waals surface area contributed by atoms with Gasteiger partial charge in [0.15, 0.2) is 17.9 Å². The van der Waals surface area contributed by atoms with Gasteiger partial charge in [0.2, 0.25) is 0 Å². The summed E-state index contributed by atoms with van der Waals surface area (Å²) in [4.78, 5) is 12.6. The highest BCUT2D eigenvalue weighted by atomic mass is 16.4. The Hall–Kier alpha value is -1.51. The third kappa shape index (κ3) is 1.71. The second-order valence-corrected chi connectivity index (χ2v) is 3.55. The summed E-state index contributed by atoms with van der Waals surface area (Å²) in [5, 5.41) is 0. The summed E-state index contributed by atoms with van der Waals surface area (Å²) < 4.78 is 5.35. The smallest absolute Gasteiger partial charge is 0.196 e. The van der Waals surface area contributed by atoms with E-state index in [9.17, 15) is 4.79 Å². The van der Waals surface area contributed by atoms with Crippen LogP contribution in [0.4, 0.5) is 5.88 Å².